The first kappa shape index (κ1) is 20.6. The SMILES string of the molecule is C=C(C)CNc1c(C(C)=O)c(C(F)(F)F)nn1-c1ccc(S(C)(=O)=O)nn1. The molecule has 2 aromatic heterocycles. The molecular weight excluding hydrogens is 387 g/mol. The topological polar surface area (TPSA) is 107 Å². The highest BCUT2D eigenvalue weighted by Crippen LogP contribution is 2.36. The van der Waals surface area contributed by atoms with Crippen molar-refractivity contribution in [2.45, 2.75) is 25.0 Å². The number of hydrogen-bond acceptors (Lipinski definition) is 7. The van der Waals surface area contributed by atoms with Crippen molar-refractivity contribution in [1.29, 1.82) is 0 Å². The minimum atomic E-state index is -4.88. The molecule has 2 aromatic rings. The van der Waals surface area contributed by atoms with Crippen LogP contribution in [0.4, 0.5) is 19.0 Å². The molecule has 27 heavy (non-hydrogen) atoms. The molecule has 0 atom stereocenters. The van der Waals surface area contributed by atoms with Crippen molar-refractivity contribution in [1.82, 2.24) is 20.0 Å². The summed E-state index contributed by atoms with van der Waals surface area (Å²) < 4.78 is 63.7. The fourth-order valence-electron chi connectivity index (χ4n) is 2.14. The molecule has 0 aliphatic carbocycles. The lowest BCUT2D eigenvalue weighted by molar-refractivity contribution is -0.141. The van der Waals surface area contributed by atoms with Gasteiger partial charge in [0.1, 0.15) is 5.82 Å². The third-order valence-electron chi connectivity index (χ3n) is 3.29. The van der Waals surface area contributed by atoms with E-state index in [1.165, 1.54) is 0 Å². The number of halogens is 3. The van der Waals surface area contributed by atoms with Crippen LogP contribution in [0.1, 0.15) is 29.9 Å². The van der Waals surface area contributed by atoms with E-state index >= 15 is 0 Å². The molecule has 0 aromatic carbocycles. The maximum absolute atomic E-state index is 13.3. The highest BCUT2D eigenvalue weighted by Gasteiger charge is 2.41. The van der Waals surface area contributed by atoms with Crippen molar-refractivity contribution < 1.29 is 26.4 Å². The summed E-state index contributed by atoms with van der Waals surface area (Å²) in [6.07, 6.45) is -3.97. The quantitative estimate of drug-likeness (QED) is 0.582. The first-order valence-corrected chi connectivity index (χ1v) is 9.35. The van der Waals surface area contributed by atoms with E-state index < -0.39 is 33.1 Å². The van der Waals surface area contributed by atoms with Crippen LogP contribution in [0.25, 0.3) is 5.82 Å². The minimum Gasteiger partial charge on any atom is -0.366 e. The standard InChI is InChI=1S/C15H16F3N5O3S/c1-8(2)7-19-14-12(9(3)24)13(15(16,17)18)22-23(14)10-5-6-11(21-20-10)27(4,25)26/h5-6,19H,1,7H2,2-4H3. The molecule has 0 saturated carbocycles. The largest absolute Gasteiger partial charge is 0.435 e. The van der Waals surface area contributed by atoms with Crippen molar-refractivity contribution in [2.75, 3.05) is 18.1 Å². The van der Waals surface area contributed by atoms with Gasteiger partial charge in [-0.25, -0.2) is 8.42 Å². The molecule has 2 rings (SSSR count). The van der Waals surface area contributed by atoms with Gasteiger partial charge in [0.25, 0.3) is 0 Å². The fraction of sp³-hybridized carbons (Fsp3) is 0.333. The first-order valence-electron chi connectivity index (χ1n) is 7.46. The Morgan fingerprint density at radius 1 is 1.26 bits per heavy atom. The van der Waals surface area contributed by atoms with Crippen LogP contribution in [-0.2, 0) is 16.0 Å². The molecule has 0 amide bonds. The zero-order valence-corrected chi connectivity index (χ0v) is 15.4. The van der Waals surface area contributed by atoms with Crippen molar-refractivity contribution in [3.05, 3.63) is 35.5 Å². The van der Waals surface area contributed by atoms with Gasteiger partial charge in [0.05, 0.1) is 5.56 Å². The zero-order valence-electron chi connectivity index (χ0n) is 14.6. The number of ketones is 1. The molecule has 12 heteroatoms. The zero-order chi connectivity index (χ0) is 20.6. The number of carbonyl (C=O) groups excluding carboxylic acids is 1. The predicted octanol–water partition coefficient (Wildman–Crippen LogP) is 2.28. The Balaban J connectivity index is 2.70. The maximum Gasteiger partial charge on any atom is 0.435 e. The Hall–Kier alpha value is -2.76. The Labute approximate surface area is 153 Å². The van der Waals surface area contributed by atoms with Gasteiger partial charge in [-0.15, -0.1) is 10.2 Å². The molecule has 0 radical (unpaired) electrons. The molecule has 0 fully saturated rings. The van der Waals surface area contributed by atoms with E-state index in [0.29, 0.717) is 5.57 Å². The fourth-order valence-corrected chi connectivity index (χ4v) is 2.64. The van der Waals surface area contributed by atoms with Crippen LogP contribution in [0, 0.1) is 0 Å². The summed E-state index contributed by atoms with van der Waals surface area (Å²) in [7, 11) is -3.64. The Kier molecular flexibility index (Phi) is 5.40. The number of rotatable bonds is 6. The number of alkyl halides is 3. The highest BCUT2D eigenvalue weighted by molar-refractivity contribution is 7.90. The molecule has 8 nitrogen and oxygen atoms in total. The lowest BCUT2D eigenvalue weighted by Crippen LogP contribution is -2.13. The number of carbonyl (C=O) groups is 1. The third kappa shape index (κ3) is 4.51. The van der Waals surface area contributed by atoms with E-state index in [1.807, 2.05) is 0 Å². The van der Waals surface area contributed by atoms with E-state index in [1.54, 1.807) is 6.92 Å². The molecule has 2 heterocycles. The van der Waals surface area contributed by atoms with Crippen molar-refractivity contribution in [3.63, 3.8) is 0 Å². The summed E-state index contributed by atoms with van der Waals surface area (Å²) in [6, 6.07) is 2.23. The van der Waals surface area contributed by atoms with Crippen molar-refractivity contribution in [3.8, 4) is 5.82 Å². The monoisotopic (exact) mass is 403 g/mol. The number of hydrogen-bond donors (Lipinski definition) is 1. The molecule has 0 aliphatic heterocycles. The van der Waals surface area contributed by atoms with Crippen molar-refractivity contribution in [2.24, 2.45) is 0 Å². The van der Waals surface area contributed by atoms with E-state index in [4.69, 9.17) is 0 Å². The third-order valence-corrected chi connectivity index (χ3v) is 4.26. The number of anilines is 1. The molecule has 0 spiro atoms. The van der Waals surface area contributed by atoms with E-state index in [9.17, 15) is 26.4 Å². The summed E-state index contributed by atoms with van der Waals surface area (Å²) in [5.41, 5.74) is -1.43. The van der Waals surface area contributed by atoms with Gasteiger partial charge < -0.3 is 5.32 Å². The molecule has 0 bridgehead atoms. The molecule has 0 aliphatic rings. The van der Waals surface area contributed by atoms with Crippen molar-refractivity contribution >= 4 is 21.4 Å². The van der Waals surface area contributed by atoms with Crippen LogP contribution in [0.15, 0.2) is 29.3 Å². The Morgan fingerprint density at radius 2 is 1.89 bits per heavy atom. The van der Waals surface area contributed by atoms with Gasteiger partial charge >= 0.3 is 6.18 Å². The smallest absolute Gasteiger partial charge is 0.366 e. The average Bonchev–Trinajstić information content (AvgIpc) is 2.92. The maximum atomic E-state index is 13.3. The Morgan fingerprint density at radius 3 is 2.30 bits per heavy atom. The van der Waals surface area contributed by atoms with E-state index in [0.717, 1.165) is 30.0 Å². The summed E-state index contributed by atoms with van der Waals surface area (Å²) in [5.74, 6) is -1.28. The van der Waals surface area contributed by atoms with Gasteiger partial charge in [0, 0.05) is 12.8 Å². The summed E-state index contributed by atoms with van der Waals surface area (Å²) in [4.78, 5) is 11.9. The minimum absolute atomic E-state index is 0.0815. The van der Waals surface area contributed by atoms with Gasteiger partial charge in [-0.1, -0.05) is 12.2 Å². The number of Topliss-reactive ketones (excluding diaryl/α,β-unsaturated/α-hetero) is 1. The van der Waals surface area contributed by atoms with Crippen LogP contribution in [-0.4, -0.2) is 47.0 Å². The van der Waals surface area contributed by atoms with Gasteiger partial charge in [-0.2, -0.15) is 23.0 Å². The predicted molar refractivity (Wildman–Crippen MR) is 90.6 cm³/mol. The Bertz CT molecular complexity index is 995. The van der Waals surface area contributed by atoms with Gasteiger partial charge in [0.2, 0.25) is 0 Å². The first-order chi connectivity index (χ1) is 12.3. The number of sulfone groups is 1. The second-order valence-corrected chi connectivity index (χ2v) is 7.81. The number of aromatic nitrogens is 4. The van der Waals surface area contributed by atoms with E-state index in [2.05, 4.69) is 27.2 Å². The second-order valence-electron chi connectivity index (χ2n) is 5.85. The van der Waals surface area contributed by atoms with Gasteiger partial charge in [0.15, 0.2) is 32.2 Å². The van der Waals surface area contributed by atoms with Gasteiger partial charge in [-0.3, -0.25) is 4.79 Å². The average molecular weight is 403 g/mol. The molecule has 0 unspecified atom stereocenters. The summed E-state index contributed by atoms with van der Waals surface area (Å²) in [5, 5.41) is 12.9. The van der Waals surface area contributed by atoms with E-state index in [-0.39, 0.29) is 23.2 Å². The second kappa shape index (κ2) is 7.10. The summed E-state index contributed by atoms with van der Waals surface area (Å²) in [6.45, 7) is 6.36. The molecular formula is C15H16F3N5O3S. The number of nitrogens with zero attached hydrogens (tertiary/aromatic N) is 4. The summed E-state index contributed by atoms with van der Waals surface area (Å²) >= 11 is 0. The van der Waals surface area contributed by atoms with Gasteiger partial charge in [-0.05, 0) is 26.0 Å². The number of nitrogens with one attached hydrogen (secondary N) is 1. The lowest BCUT2D eigenvalue weighted by Gasteiger charge is -2.10. The van der Waals surface area contributed by atoms with Crippen LogP contribution in [0.2, 0.25) is 0 Å². The highest BCUT2D eigenvalue weighted by atomic mass is 32.2. The lowest BCUT2D eigenvalue weighted by atomic mass is 10.1. The molecule has 146 valence electrons. The van der Waals surface area contributed by atoms with Crippen LogP contribution < -0.4 is 5.32 Å². The molecule has 1 N–H and O–H groups in total. The normalized spacial score (nSPS) is 12.1. The van der Waals surface area contributed by atoms with Crippen LogP contribution in [0.3, 0.4) is 0 Å². The van der Waals surface area contributed by atoms with Crippen LogP contribution in [0.5, 0.6) is 0 Å². The van der Waals surface area contributed by atoms with Crippen LogP contribution >= 0.6 is 0 Å². The molecule has 0 saturated heterocycles.